The highest BCUT2D eigenvalue weighted by atomic mass is 16.6. The van der Waals surface area contributed by atoms with Crippen molar-refractivity contribution >= 4 is 24.0 Å². The normalized spacial score (nSPS) is 13.4. The number of nitrogens with one attached hydrogen (secondary N) is 4. The van der Waals surface area contributed by atoms with E-state index in [0.29, 0.717) is 13.1 Å². The van der Waals surface area contributed by atoms with Gasteiger partial charge < -0.3 is 30.7 Å². The van der Waals surface area contributed by atoms with Gasteiger partial charge in [0.1, 0.15) is 25.3 Å². The van der Waals surface area contributed by atoms with Gasteiger partial charge in [0.25, 0.3) is 0 Å². The Kier molecular flexibility index (Phi) is 17.8. The maximum absolute atomic E-state index is 12.8. The Morgan fingerprint density at radius 2 is 0.933 bits per heavy atom. The van der Waals surface area contributed by atoms with Crippen LogP contribution in [0.2, 0.25) is 0 Å². The summed E-state index contributed by atoms with van der Waals surface area (Å²) in [6.07, 6.45) is 4.70. The summed E-state index contributed by atoms with van der Waals surface area (Å²) in [7, 11) is 0. The van der Waals surface area contributed by atoms with Gasteiger partial charge >= 0.3 is 12.2 Å². The predicted octanol–water partition coefficient (Wildman–Crippen LogP) is 5.85. The lowest BCUT2D eigenvalue weighted by atomic mass is 9.98. The minimum atomic E-state index is -0.665. The molecule has 10 nitrogen and oxygen atoms in total. The van der Waals surface area contributed by atoms with Crippen LogP contribution in [0.3, 0.4) is 0 Å². The first kappa shape index (κ1) is 37.1. The first-order valence-electron chi connectivity index (χ1n) is 16.2. The lowest BCUT2D eigenvalue weighted by Gasteiger charge is -2.23. The van der Waals surface area contributed by atoms with Gasteiger partial charge in [0.2, 0.25) is 11.8 Å². The SMILES string of the molecule is CCC(C)C(NC(=O)OCc1ccccc1)C(=O)NCCCCCCCNC(=O)C(NC(=O)OCc1ccccc1)C(C)CC. The number of rotatable bonds is 20. The summed E-state index contributed by atoms with van der Waals surface area (Å²) in [5, 5.41) is 11.3. The molecule has 0 saturated carbocycles. The molecule has 2 aromatic carbocycles. The van der Waals surface area contributed by atoms with E-state index in [1.165, 1.54) is 0 Å². The molecule has 4 atom stereocenters. The minimum Gasteiger partial charge on any atom is -0.445 e. The van der Waals surface area contributed by atoms with Gasteiger partial charge in [0.05, 0.1) is 0 Å². The molecule has 0 spiro atoms. The zero-order valence-electron chi connectivity index (χ0n) is 27.3. The molecule has 248 valence electrons. The Morgan fingerprint density at radius 3 is 1.29 bits per heavy atom. The molecular formula is C35H52N4O6. The molecule has 0 heterocycles. The quantitative estimate of drug-likeness (QED) is 0.137. The summed E-state index contributed by atoms with van der Waals surface area (Å²) in [6.45, 7) is 9.14. The van der Waals surface area contributed by atoms with Crippen LogP contribution in [0.4, 0.5) is 9.59 Å². The van der Waals surface area contributed by atoms with Crippen LogP contribution in [-0.2, 0) is 32.3 Å². The van der Waals surface area contributed by atoms with E-state index < -0.39 is 24.3 Å². The van der Waals surface area contributed by atoms with Crippen LogP contribution in [0.5, 0.6) is 0 Å². The first-order valence-corrected chi connectivity index (χ1v) is 16.2. The Hall–Kier alpha value is -4.08. The van der Waals surface area contributed by atoms with E-state index in [9.17, 15) is 19.2 Å². The van der Waals surface area contributed by atoms with Gasteiger partial charge in [-0.15, -0.1) is 0 Å². The lowest BCUT2D eigenvalue weighted by molar-refractivity contribution is -0.125. The standard InChI is InChI=1S/C35H52N4O6/c1-5-26(3)30(38-34(42)44-24-28-18-12-10-13-19-28)32(40)36-22-16-8-7-9-17-23-37-33(41)31(27(4)6-2)39-35(43)45-25-29-20-14-11-15-21-29/h10-15,18-21,26-27,30-31H,5-9,16-17,22-25H2,1-4H3,(H,36,40)(H,37,41)(H,38,42)(H,39,43). The van der Waals surface area contributed by atoms with Crippen molar-refractivity contribution in [3.05, 3.63) is 71.8 Å². The largest absolute Gasteiger partial charge is 0.445 e. The first-order chi connectivity index (χ1) is 21.7. The number of alkyl carbamates (subject to hydrolysis) is 2. The molecule has 0 aromatic heterocycles. The molecule has 0 aliphatic rings. The Bertz CT molecular complexity index is 1060. The third-order valence-corrected chi connectivity index (χ3v) is 7.92. The number of carbonyl (C=O) groups is 4. The summed E-state index contributed by atoms with van der Waals surface area (Å²) >= 11 is 0. The van der Waals surface area contributed by atoms with Crippen molar-refractivity contribution in [2.75, 3.05) is 13.1 Å². The van der Waals surface area contributed by atoms with Crippen LogP contribution in [0.15, 0.2) is 60.7 Å². The van der Waals surface area contributed by atoms with Crippen molar-refractivity contribution in [3.8, 4) is 0 Å². The van der Waals surface area contributed by atoms with Crippen molar-refractivity contribution in [3.63, 3.8) is 0 Å². The summed E-state index contributed by atoms with van der Waals surface area (Å²) in [6, 6.07) is 17.5. The van der Waals surface area contributed by atoms with Crippen LogP contribution in [0.1, 0.15) is 83.8 Å². The van der Waals surface area contributed by atoms with E-state index in [1.807, 2.05) is 88.4 Å². The molecule has 0 radical (unpaired) electrons. The zero-order valence-corrected chi connectivity index (χ0v) is 27.3. The zero-order chi connectivity index (χ0) is 32.9. The molecule has 0 aliphatic heterocycles. The second-order valence-corrected chi connectivity index (χ2v) is 11.5. The molecule has 0 aliphatic carbocycles. The summed E-state index contributed by atoms with van der Waals surface area (Å²) in [5.41, 5.74) is 1.76. The van der Waals surface area contributed by atoms with Gasteiger partial charge in [-0.1, -0.05) is 120 Å². The monoisotopic (exact) mass is 624 g/mol. The maximum atomic E-state index is 12.8. The Balaban J connectivity index is 1.61. The van der Waals surface area contributed by atoms with E-state index in [4.69, 9.17) is 9.47 Å². The van der Waals surface area contributed by atoms with Crippen LogP contribution in [0, 0.1) is 11.8 Å². The van der Waals surface area contributed by atoms with E-state index in [-0.39, 0.29) is 36.9 Å². The van der Waals surface area contributed by atoms with Crippen LogP contribution < -0.4 is 21.3 Å². The summed E-state index contributed by atoms with van der Waals surface area (Å²) < 4.78 is 10.6. The highest BCUT2D eigenvalue weighted by Gasteiger charge is 2.27. The topological polar surface area (TPSA) is 135 Å². The van der Waals surface area contributed by atoms with E-state index in [0.717, 1.165) is 56.1 Å². The number of ether oxygens (including phenoxy) is 2. The van der Waals surface area contributed by atoms with E-state index in [1.54, 1.807) is 0 Å². The highest BCUT2D eigenvalue weighted by Crippen LogP contribution is 2.11. The summed E-state index contributed by atoms with van der Waals surface area (Å²) in [5.74, 6) is -0.506. The van der Waals surface area contributed by atoms with Gasteiger partial charge in [-0.25, -0.2) is 9.59 Å². The third-order valence-electron chi connectivity index (χ3n) is 7.92. The molecular weight excluding hydrogens is 572 g/mol. The second kappa shape index (κ2) is 21.6. The molecule has 4 unspecified atom stereocenters. The minimum absolute atomic E-state index is 0.0421. The maximum Gasteiger partial charge on any atom is 0.408 e. The molecule has 0 bridgehead atoms. The lowest BCUT2D eigenvalue weighted by Crippen LogP contribution is -2.50. The van der Waals surface area contributed by atoms with Gasteiger partial charge in [0, 0.05) is 13.1 Å². The van der Waals surface area contributed by atoms with Gasteiger partial charge in [-0.3, -0.25) is 9.59 Å². The van der Waals surface area contributed by atoms with Crippen molar-refractivity contribution in [2.24, 2.45) is 11.8 Å². The van der Waals surface area contributed by atoms with Crippen LogP contribution in [0.25, 0.3) is 0 Å². The van der Waals surface area contributed by atoms with Crippen molar-refractivity contribution in [2.45, 2.75) is 97.9 Å². The molecule has 45 heavy (non-hydrogen) atoms. The number of amides is 4. The fraction of sp³-hybridized carbons (Fsp3) is 0.543. The Labute approximate surface area is 268 Å². The van der Waals surface area contributed by atoms with Gasteiger partial charge in [0.15, 0.2) is 0 Å². The molecule has 10 heteroatoms. The fourth-order valence-electron chi connectivity index (χ4n) is 4.61. The van der Waals surface area contributed by atoms with E-state index in [2.05, 4.69) is 21.3 Å². The molecule has 2 aromatic rings. The average molecular weight is 625 g/mol. The number of carbonyl (C=O) groups excluding carboxylic acids is 4. The number of hydrogen-bond acceptors (Lipinski definition) is 6. The third kappa shape index (κ3) is 15.0. The van der Waals surface area contributed by atoms with Gasteiger partial charge in [-0.2, -0.15) is 0 Å². The molecule has 2 rings (SSSR count). The average Bonchev–Trinajstić information content (AvgIpc) is 3.06. The number of unbranched alkanes of at least 4 members (excludes halogenated alkanes) is 4. The van der Waals surface area contributed by atoms with Crippen LogP contribution >= 0.6 is 0 Å². The molecule has 4 N–H and O–H groups in total. The molecule has 0 fully saturated rings. The van der Waals surface area contributed by atoms with Gasteiger partial charge in [-0.05, 0) is 35.8 Å². The predicted molar refractivity (Wildman–Crippen MR) is 175 cm³/mol. The number of benzene rings is 2. The number of hydrogen-bond donors (Lipinski definition) is 4. The van der Waals surface area contributed by atoms with Crippen molar-refractivity contribution in [1.82, 2.24) is 21.3 Å². The molecule has 0 saturated heterocycles. The second-order valence-electron chi connectivity index (χ2n) is 11.5. The fourth-order valence-corrected chi connectivity index (χ4v) is 4.61. The van der Waals surface area contributed by atoms with Crippen LogP contribution in [-0.4, -0.2) is 49.2 Å². The highest BCUT2D eigenvalue weighted by molar-refractivity contribution is 5.86. The molecule has 4 amide bonds. The van der Waals surface area contributed by atoms with Crippen molar-refractivity contribution in [1.29, 1.82) is 0 Å². The summed E-state index contributed by atoms with van der Waals surface area (Å²) in [4.78, 5) is 50.3. The Morgan fingerprint density at radius 1 is 0.578 bits per heavy atom. The van der Waals surface area contributed by atoms with E-state index >= 15 is 0 Å². The smallest absolute Gasteiger partial charge is 0.408 e. The van der Waals surface area contributed by atoms with Crippen molar-refractivity contribution < 1.29 is 28.7 Å².